The number of hydrogen-bond donors (Lipinski definition) is 0. The molecule has 0 saturated carbocycles. The highest BCUT2D eigenvalue weighted by molar-refractivity contribution is 9.10. The van der Waals surface area contributed by atoms with Crippen molar-refractivity contribution in [3.63, 3.8) is 0 Å². The summed E-state index contributed by atoms with van der Waals surface area (Å²) in [5.41, 5.74) is 0.839. The number of likely N-dealkylation sites (N-methyl/N-ethyl adjacent to an activating group) is 1. The quantitative estimate of drug-likeness (QED) is 0.427. The van der Waals surface area contributed by atoms with Gasteiger partial charge >= 0.3 is 0 Å². The molecule has 3 aromatic rings. The molecule has 34 heavy (non-hydrogen) atoms. The minimum atomic E-state index is -3.72. The van der Waals surface area contributed by atoms with Gasteiger partial charge in [-0.05, 0) is 69.4 Å². The largest absolute Gasteiger partial charge is 0.308 e. The van der Waals surface area contributed by atoms with Gasteiger partial charge in [-0.3, -0.25) is 9.69 Å². The van der Waals surface area contributed by atoms with Crippen LogP contribution < -0.4 is 4.90 Å². The normalized spacial score (nSPS) is 15.8. The molecule has 2 heterocycles. The zero-order valence-electron chi connectivity index (χ0n) is 18.9. The van der Waals surface area contributed by atoms with Crippen LogP contribution in [0.4, 0.5) is 9.52 Å². The van der Waals surface area contributed by atoms with E-state index in [0.29, 0.717) is 31.1 Å². The Morgan fingerprint density at radius 3 is 2.47 bits per heavy atom. The molecule has 1 aromatic heterocycles. The lowest BCUT2D eigenvalue weighted by Gasteiger charge is -2.33. The highest BCUT2D eigenvalue weighted by Crippen LogP contribution is 2.33. The van der Waals surface area contributed by atoms with Gasteiger partial charge < -0.3 is 4.90 Å². The molecule has 4 rings (SSSR count). The molecule has 0 N–H and O–H groups in total. The van der Waals surface area contributed by atoms with Crippen LogP contribution in [0.15, 0.2) is 51.8 Å². The summed E-state index contributed by atoms with van der Waals surface area (Å²) in [7, 11) is 0.188. The van der Waals surface area contributed by atoms with Gasteiger partial charge in [0.25, 0.3) is 0 Å². The molecule has 0 aliphatic carbocycles. The lowest BCUT2D eigenvalue weighted by Crippen LogP contribution is -2.46. The smallest absolute Gasteiger partial charge is 0.243 e. The molecular formula is C23H26BrFN4O3S2. The summed E-state index contributed by atoms with van der Waals surface area (Å²) in [5, 5.41) is 0.654. The third-order valence-corrected chi connectivity index (χ3v) is 9.31. The first-order valence-corrected chi connectivity index (χ1v) is 14.0. The fraction of sp³-hybridized carbons (Fsp3) is 0.391. The van der Waals surface area contributed by atoms with Crippen LogP contribution in [0.5, 0.6) is 0 Å². The second-order valence-electron chi connectivity index (χ2n) is 8.53. The number of carbonyl (C=O) groups excluding carboxylic acids is 1. The highest BCUT2D eigenvalue weighted by Gasteiger charge is 2.35. The predicted octanol–water partition coefficient (Wildman–Crippen LogP) is 4.19. The maximum Gasteiger partial charge on any atom is 0.243 e. The standard InChI is InChI=1S/C23H26BrFN4O3S2/c1-27(2)13-14-29(23-26-20-8-3-17(24)15-21(20)33-23)22(30)16-9-11-28(12-10-16)34(31,32)19-6-4-18(25)5-7-19/h3-8,15-16H,9-14H2,1-2H3. The third kappa shape index (κ3) is 5.49. The van der Waals surface area contributed by atoms with Crippen LogP contribution in [0.2, 0.25) is 0 Å². The molecule has 11 heteroatoms. The molecule has 0 atom stereocenters. The van der Waals surface area contributed by atoms with Gasteiger partial charge in [-0.1, -0.05) is 27.3 Å². The molecule has 1 amide bonds. The van der Waals surface area contributed by atoms with Crippen molar-refractivity contribution in [3.05, 3.63) is 52.8 Å². The SMILES string of the molecule is CN(C)CCN(C(=O)C1CCN(S(=O)(=O)c2ccc(F)cc2)CC1)c1nc2ccc(Br)cc2s1. The Morgan fingerprint density at radius 2 is 1.82 bits per heavy atom. The Hall–Kier alpha value is -1.92. The Kier molecular flexibility index (Phi) is 7.68. The molecule has 1 aliphatic rings. The van der Waals surface area contributed by atoms with Crippen molar-refractivity contribution in [3.8, 4) is 0 Å². The van der Waals surface area contributed by atoms with Gasteiger partial charge in [0, 0.05) is 36.6 Å². The first-order valence-electron chi connectivity index (χ1n) is 10.9. The first kappa shape index (κ1) is 25.2. The Balaban J connectivity index is 1.50. The van der Waals surface area contributed by atoms with Gasteiger partial charge in [0.1, 0.15) is 5.82 Å². The number of thiazole rings is 1. The first-order chi connectivity index (χ1) is 16.1. The van der Waals surface area contributed by atoms with Crippen molar-refractivity contribution in [1.29, 1.82) is 0 Å². The van der Waals surface area contributed by atoms with E-state index in [2.05, 4.69) is 15.9 Å². The molecular weight excluding hydrogens is 543 g/mol. The monoisotopic (exact) mass is 568 g/mol. The average molecular weight is 570 g/mol. The van der Waals surface area contributed by atoms with E-state index < -0.39 is 15.8 Å². The number of anilines is 1. The van der Waals surface area contributed by atoms with Crippen molar-refractivity contribution in [1.82, 2.24) is 14.2 Å². The molecule has 1 aliphatic heterocycles. The fourth-order valence-corrected chi connectivity index (χ4v) is 6.94. The van der Waals surface area contributed by atoms with Crippen LogP contribution in [-0.2, 0) is 14.8 Å². The van der Waals surface area contributed by atoms with Crippen LogP contribution in [-0.4, -0.2) is 68.8 Å². The van der Waals surface area contributed by atoms with Crippen molar-refractivity contribution in [2.24, 2.45) is 5.92 Å². The summed E-state index contributed by atoms with van der Waals surface area (Å²) in [6.07, 6.45) is 0.850. The van der Waals surface area contributed by atoms with Gasteiger partial charge in [-0.15, -0.1) is 0 Å². The zero-order chi connectivity index (χ0) is 24.5. The van der Waals surface area contributed by atoms with Crippen LogP contribution in [0.25, 0.3) is 10.2 Å². The van der Waals surface area contributed by atoms with E-state index in [0.717, 1.165) is 26.8 Å². The van der Waals surface area contributed by atoms with Gasteiger partial charge in [0.05, 0.1) is 15.1 Å². The molecule has 182 valence electrons. The highest BCUT2D eigenvalue weighted by atomic mass is 79.9. The Morgan fingerprint density at radius 1 is 1.15 bits per heavy atom. The number of sulfonamides is 1. The number of rotatable bonds is 7. The topological polar surface area (TPSA) is 73.8 Å². The van der Waals surface area contributed by atoms with Crippen molar-refractivity contribution < 1.29 is 17.6 Å². The molecule has 0 spiro atoms. The van der Waals surface area contributed by atoms with E-state index in [4.69, 9.17) is 4.98 Å². The summed E-state index contributed by atoms with van der Waals surface area (Å²) < 4.78 is 42.4. The number of hydrogen-bond acceptors (Lipinski definition) is 6. The van der Waals surface area contributed by atoms with E-state index in [1.165, 1.54) is 27.8 Å². The molecule has 0 bridgehead atoms. The maximum atomic E-state index is 13.6. The average Bonchev–Trinajstić information content (AvgIpc) is 3.22. The van der Waals surface area contributed by atoms with Crippen LogP contribution in [0.3, 0.4) is 0 Å². The van der Waals surface area contributed by atoms with Gasteiger partial charge in [-0.25, -0.2) is 17.8 Å². The number of carbonyl (C=O) groups is 1. The lowest BCUT2D eigenvalue weighted by molar-refractivity contribution is -0.123. The number of piperidine rings is 1. The number of fused-ring (bicyclic) bond motifs is 1. The Labute approximate surface area is 211 Å². The minimum absolute atomic E-state index is 0.0289. The van der Waals surface area contributed by atoms with Crippen molar-refractivity contribution in [2.45, 2.75) is 17.7 Å². The predicted molar refractivity (Wildman–Crippen MR) is 136 cm³/mol. The summed E-state index contributed by atoms with van der Waals surface area (Å²) in [5.74, 6) is -0.803. The van der Waals surface area contributed by atoms with E-state index in [1.807, 2.05) is 37.2 Å². The summed E-state index contributed by atoms with van der Waals surface area (Å²) in [6.45, 7) is 1.67. The van der Waals surface area contributed by atoms with E-state index in [1.54, 1.807) is 4.90 Å². The maximum absolute atomic E-state index is 13.6. The molecule has 1 saturated heterocycles. The zero-order valence-corrected chi connectivity index (χ0v) is 22.2. The summed E-state index contributed by atoms with van der Waals surface area (Å²) >= 11 is 4.96. The van der Waals surface area contributed by atoms with E-state index in [-0.39, 0.29) is 29.8 Å². The van der Waals surface area contributed by atoms with Crippen LogP contribution in [0, 0.1) is 11.7 Å². The fourth-order valence-electron chi connectivity index (χ4n) is 3.92. The van der Waals surface area contributed by atoms with Crippen LogP contribution in [0.1, 0.15) is 12.8 Å². The summed E-state index contributed by atoms with van der Waals surface area (Å²) in [4.78, 5) is 22.1. The minimum Gasteiger partial charge on any atom is -0.308 e. The molecule has 7 nitrogen and oxygen atoms in total. The number of aromatic nitrogens is 1. The molecule has 0 radical (unpaired) electrons. The lowest BCUT2D eigenvalue weighted by atomic mass is 9.96. The molecule has 0 unspecified atom stereocenters. The number of benzene rings is 2. The van der Waals surface area contributed by atoms with E-state index >= 15 is 0 Å². The van der Waals surface area contributed by atoms with Gasteiger partial charge in [0.15, 0.2) is 5.13 Å². The van der Waals surface area contributed by atoms with Gasteiger partial charge in [0.2, 0.25) is 15.9 Å². The number of halogens is 2. The molecule has 1 fully saturated rings. The Bertz CT molecular complexity index is 1270. The van der Waals surface area contributed by atoms with Crippen molar-refractivity contribution in [2.75, 3.05) is 45.2 Å². The number of amides is 1. The second-order valence-corrected chi connectivity index (χ2v) is 12.4. The molecule has 2 aromatic carbocycles. The van der Waals surface area contributed by atoms with Crippen molar-refractivity contribution >= 4 is 58.5 Å². The second kappa shape index (κ2) is 10.4. The number of nitrogens with zero attached hydrogens (tertiary/aromatic N) is 4. The van der Waals surface area contributed by atoms with E-state index in [9.17, 15) is 17.6 Å². The van der Waals surface area contributed by atoms with Crippen LogP contribution >= 0.6 is 27.3 Å². The third-order valence-electron chi connectivity index (χ3n) is 5.86. The summed E-state index contributed by atoms with van der Waals surface area (Å²) in [6, 6.07) is 10.7. The van der Waals surface area contributed by atoms with Gasteiger partial charge in [-0.2, -0.15) is 4.31 Å².